The topological polar surface area (TPSA) is 77.7 Å². The van der Waals surface area contributed by atoms with Crippen LogP contribution in [0.3, 0.4) is 0 Å². The normalized spacial score (nSPS) is 31.8. The lowest BCUT2D eigenvalue weighted by atomic mass is 9.64. The van der Waals surface area contributed by atoms with Crippen molar-refractivity contribution in [1.29, 1.82) is 0 Å². The standard InChI is InChI=1S/C20H31BN4O3S/c1-16(2,3)29(26)25-20(12-19(8,13-20)22-9)15-23-10-14(11-24-15)21-27-17(4,5)18(6,7)28-21/h10-11,25H,12-13H2,1-8H3/t19?,20?,29-/m1/s1. The molecule has 2 aliphatic rings. The Balaban J connectivity index is 1.86. The lowest BCUT2D eigenvalue weighted by molar-refractivity contribution is 0.00578. The van der Waals surface area contributed by atoms with Gasteiger partial charge in [0.2, 0.25) is 5.54 Å². The average Bonchev–Trinajstić information content (AvgIpc) is 2.80. The first-order valence-corrected chi connectivity index (χ1v) is 11.0. The maximum atomic E-state index is 12.8. The van der Waals surface area contributed by atoms with Crippen molar-refractivity contribution in [3.8, 4) is 0 Å². The van der Waals surface area contributed by atoms with Crippen molar-refractivity contribution in [1.82, 2.24) is 14.7 Å². The molecule has 1 atom stereocenters. The lowest BCUT2D eigenvalue weighted by Gasteiger charge is -2.47. The van der Waals surface area contributed by atoms with Gasteiger partial charge in [0.25, 0.3) is 0 Å². The van der Waals surface area contributed by atoms with Crippen LogP contribution in [0.15, 0.2) is 12.4 Å². The summed E-state index contributed by atoms with van der Waals surface area (Å²) in [7, 11) is -1.83. The molecule has 1 N–H and O–H groups in total. The highest BCUT2D eigenvalue weighted by atomic mass is 32.2. The average molecular weight is 418 g/mol. The van der Waals surface area contributed by atoms with Crippen LogP contribution in [0, 0.1) is 6.57 Å². The van der Waals surface area contributed by atoms with Gasteiger partial charge in [-0.2, -0.15) is 0 Å². The Morgan fingerprint density at radius 2 is 1.59 bits per heavy atom. The molecule has 2 fully saturated rings. The summed E-state index contributed by atoms with van der Waals surface area (Å²) < 4.78 is 27.7. The molecule has 158 valence electrons. The highest BCUT2D eigenvalue weighted by molar-refractivity contribution is 7.84. The van der Waals surface area contributed by atoms with Crippen LogP contribution in [0.5, 0.6) is 0 Å². The van der Waals surface area contributed by atoms with Gasteiger partial charge in [-0.1, -0.05) is 0 Å². The summed E-state index contributed by atoms with van der Waals surface area (Å²) in [6, 6.07) is 0. The molecule has 0 bridgehead atoms. The Morgan fingerprint density at radius 3 is 2.00 bits per heavy atom. The van der Waals surface area contributed by atoms with Gasteiger partial charge in [0.1, 0.15) is 11.4 Å². The van der Waals surface area contributed by atoms with Gasteiger partial charge < -0.3 is 14.2 Å². The van der Waals surface area contributed by atoms with Crippen LogP contribution in [0.2, 0.25) is 0 Å². The number of nitrogens with one attached hydrogen (secondary N) is 1. The molecule has 0 unspecified atom stereocenters. The second kappa shape index (κ2) is 6.84. The first-order valence-electron chi connectivity index (χ1n) is 9.90. The Labute approximate surface area is 176 Å². The SMILES string of the molecule is [C-]#[N+]C1(C)CC(N[S@](=O)C(C)(C)C)(c2ncc(B3OC(C)(C)C(C)(C)O3)cn2)C1. The van der Waals surface area contributed by atoms with E-state index in [1.54, 1.807) is 12.4 Å². The van der Waals surface area contributed by atoms with Crippen molar-refractivity contribution in [3.63, 3.8) is 0 Å². The second-order valence-corrected chi connectivity index (χ2v) is 12.4. The fraction of sp³-hybridized carbons (Fsp3) is 0.750. The van der Waals surface area contributed by atoms with E-state index >= 15 is 0 Å². The maximum Gasteiger partial charge on any atom is 0.498 e. The van der Waals surface area contributed by atoms with Gasteiger partial charge in [-0.05, 0) is 48.5 Å². The number of hydrogen-bond acceptors (Lipinski definition) is 5. The van der Waals surface area contributed by atoms with E-state index in [-0.39, 0.29) is 0 Å². The van der Waals surface area contributed by atoms with Crippen molar-refractivity contribution in [2.24, 2.45) is 0 Å². The van der Waals surface area contributed by atoms with Gasteiger partial charge >= 0.3 is 7.12 Å². The Bertz CT molecular complexity index is 836. The quantitative estimate of drug-likeness (QED) is 0.601. The van der Waals surface area contributed by atoms with Crippen LogP contribution in [0.25, 0.3) is 4.85 Å². The van der Waals surface area contributed by atoms with Crippen LogP contribution in [-0.4, -0.2) is 42.8 Å². The van der Waals surface area contributed by atoms with E-state index in [0.717, 1.165) is 5.46 Å². The van der Waals surface area contributed by atoms with Crippen LogP contribution in [-0.2, 0) is 25.8 Å². The van der Waals surface area contributed by atoms with Crippen molar-refractivity contribution in [3.05, 3.63) is 29.6 Å². The minimum absolute atomic E-state index is 0.431. The molecule has 0 spiro atoms. The molecule has 0 amide bonds. The third-order valence-corrected chi connectivity index (χ3v) is 7.79. The van der Waals surface area contributed by atoms with Crippen molar-refractivity contribution >= 4 is 23.6 Å². The van der Waals surface area contributed by atoms with E-state index in [1.165, 1.54) is 0 Å². The molecule has 0 aromatic carbocycles. The molecular formula is C20H31BN4O3S. The third-order valence-electron chi connectivity index (χ3n) is 6.10. The summed E-state index contributed by atoms with van der Waals surface area (Å²) in [6.45, 7) is 23.1. The molecule has 3 rings (SSSR count). The third kappa shape index (κ3) is 4.00. The fourth-order valence-corrected chi connectivity index (χ4v) is 4.52. The number of hydrogen-bond donors (Lipinski definition) is 1. The molecule has 1 aromatic heterocycles. The van der Waals surface area contributed by atoms with E-state index in [2.05, 4.69) is 19.5 Å². The zero-order chi connectivity index (χ0) is 21.9. The summed E-state index contributed by atoms with van der Waals surface area (Å²) in [5.41, 5.74) is -1.30. The Morgan fingerprint density at radius 1 is 1.10 bits per heavy atom. The van der Waals surface area contributed by atoms with Crippen molar-refractivity contribution in [2.75, 3.05) is 0 Å². The Kier molecular flexibility index (Phi) is 5.27. The summed E-state index contributed by atoms with van der Waals surface area (Å²) in [5, 5.41) is 0. The van der Waals surface area contributed by atoms with E-state index in [9.17, 15) is 4.21 Å². The molecule has 2 heterocycles. The predicted octanol–water partition coefficient (Wildman–Crippen LogP) is 2.49. The minimum Gasteiger partial charge on any atom is -0.399 e. The number of nitrogens with zero attached hydrogens (tertiary/aromatic N) is 3. The molecule has 1 aliphatic carbocycles. The Hall–Kier alpha value is -1.34. The highest BCUT2D eigenvalue weighted by Crippen LogP contribution is 2.50. The van der Waals surface area contributed by atoms with Gasteiger partial charge in [0.05, 0.1) is 39.8 Å². The molecule has 1 saturated heterocycles. The van der Waals surface area contributed by atoms with Gasteiger partial charge in [-0.25, -0.2) is 25.5 Å². The number of aromatic nitrogens is 2. The van der Waals surface area contributed by atoms with Crippen LogP contribution in [0.4, 0.5) is 0 Å². The fourth-order valence-electron chi connectivity index (χ4n) is 3.62. The summed E-state index contributed by atoms with van der Waals surface area (Å²) in [4.78, 5) is 12.9. The zero-order valence-corrected chi connectivity index (χ0v) is 19.4. The second-order valence-electron chi connectivity index (χ2n) is 10.5. The molecule has 1 aliphatic heterocycles. The molecule has 29 heavy (non-hydrogen) atoms. The smallest absolute Gasteiger partial charge is 0.399 e. The molecule has 0 radical (unpaired) electrons. The molecule has 1 aromatic rings. The first-order chi connectivity index (χ1) is 13.1. The van der Waals surface area contributed by atoms with Gasteiger partial charge in [0.15, 0.2) is 0 Å². The first kappa shape index (κ1) is 22.4. The lowest BCUT2D eigenvalue weighted by Crippen LogP contribution is -2.62. The van der Waals surface area contributed by atoms with E-state index in [1.807, 2.05) is 55.4 Å². The highest BCUT2D eigenvalue weighted by Gasteiger charge is 2.61. The monoisotopic (exact) mass is 418 g/mol. The largest absolute Gasteiger partial charge is 0.498 e. The molecular weight excluding hydrogens is 387 g/mol. The van der Waals surface area contributed by atoms with Crippen molar-refractivity contribution in [2.45, 2.75) is 95.3 Å². The molecule has 7 nitrogen and oxygen atoms in total. The van der Waals surface area contributed by atoms with Crippen molar-refractivity contribution < 1.29 is 13.5 Å². The summed E-state index contributed by atoms with van der Waals surface area (Å²) >= 11 is 0. The van der Waals surface area contributed by atoms with Gasteiger partial charge in [0, 0.05) is 24.8 Å². The number of rotatable bonds is 4. The summed E-state index contributed by atoms with van der Waals surface area (Å²) in [5.74, 6) is 0.552. The zero-order valence-electron chi connectivity index (χ0n) is 18.6. The van der Waals surface area contributed by atoms with E-state index in [0.29, 0.717) is 18.7 Å². The predicted molar refractivity (Wildman–Crippen MR) is 115 cm³/mol. The van der Waals surface area contributed by atoms with Gasteiger partial charge in [-0.3, -0.25) is 0 Å². The van der Waals surface area contributed by atoms with Gasteiger partial charge in [-0.15, -0.1) is 0 Å². The molecule has 1 saturated carbocycles. The summed E-state index contributed by atoms with van der Waals surface area (Å²) in [6.07, 6.45) is 4.45. The van der Waals surface area contributed by atoms with Crippen LogP contribution < -0.4 is 10.2 Å². The van der Waals surface area contributed by atoms with Crippen LogP contribution >= 0.6 is 0 Å². The maximum absolute atomic E-state index is 12.8. The van der Waals surface area contributed by atoms with E-state index in [4.69, 9.17) is 15.9 Å². The molecule has 9 heteroatoms. The van der Waals surface area contributed by atoms with E-state index < -0.39 is 45.1 Å². The minimum atomic E-state index is -1.30. The van der Waals surface area contributed by atoms with Crippen LogP contribution in [0.1, 0.15) is 74.1 Å².